The van der Waals surface area contributed by atoms with E-state index in [1.54, 1.807) is 19.1 Å². The number of carbonyl (C=O) groups is 1. The van der Waals surface area contributed by atoms with Crippen molar-refractivity contribution in [2.24, 2.45) is 0 Å². The molecule has 0 saturated heterocycles. The van der Waals surface area contributed by atoms with Gasteiger partial charge >= 0.3 is 0 Å². The van der Waals surface area contributed by atoms with Crippen LogP contribution in [-0.4, -0.2) is 27.1 Å². The Balaban J connectivity index is 2.09. The number of nitrogens with one attached hydrogen (secondary N) is 2. The highest BCUT2D eigenvalue weighted by molar-refractivity contribution is 5.93. The number of amides is 1. The zero-order valence-electron chi connectivity index (χ0n) is 11.7. The lowest BCUT2D eigenvalue weighted by Crippen LogP contribution is -2.32. The molecule has 2 aromatic rings. The third-order valence-electron chi connectivity index (χ3n) is 2.77. The molecule has 2 rings (SSSR count). The van der Waals surface area contributed by atoms with Gasteiger partial charge < -0.3 is 15.2 Å². The third-order valence-corrected chi connectivity index (χ3v) is 2.77. The minimum atomic E-state index is -0.221. The second-order valence-electron chi connectivity index (χ2n) is 4.52. The Kier molecular flexibility index (Phi) is 4.29. The van der Waals surface area contributed by atoms with E-state index in [-0.39, 0.29) is 11.9 Å². The summed E-state index contributed by atoms with van der Waals surface area (Å²) in [4.78, 5) is 20.0. The molecule has 1 atom stereocenters. The largest absolute Gasteiger partial charge is 0.360 e. The standard InChI is InChI=1S/C13H17N5O2/c1-4-8(2)16-13(19)10-6-11(15-7-14-10)17-12-5-9(3)20-18-12/h5-8H,4H2,1-3H3,(H,16,19)(H,14,15,17,18). The molecule has 0 aliphatic heterocycles. The van der Waals surface area contributed by atoms with E-state index >= 15 is 0 Å². The quantitative estimate of drug-likeness (QED) is 0.867. The lowest BCUT2D eigenvalue weighted by atomic mass is 10.2. The van der Waals surface area contributed by atoms with Crippen molar-refractivity contribution in [3.63, 3.8) is 0 Å². The first-order chi connectivity index (χ1) is 9.58. The van der Waals surface area contributed by atoms with E-state index in [0.29, 0.717) is 23.1 Å². The monoisotopic (exact) mass is 275 g/mol. The number of aromatic nitrogens is 3. The maximum atomic E-state index is 12.0. The van der Waals surface area contributed by atoms with Gasteiger partial charge in [-0.1, -0.05) is 12.1 Å². The second kappa shape index (κ2) is 6.14. The van der Waals surface area contributed by atoms with Gasteiger partial charge in [-0.2, -0.15) is 0 Å². The summed E-state index contributed by atoms with van der Waals surface area (Å²) in [6.07, 6.45) is 2.20. The fraction of sp³-hybridized carbons (Fsp3) is 0.385. The van der Waals surface area contributed by atoms with Gasteiger partial charge in [-0.3, -0.25) is 4.79 Å². The van der Waals surface area contributed by atoms with Gasteiger partial charge in [-0.25, -0.2) is 9.97 Å². The highest BCUT2D eigenvalue weighted by atomic mass is 16.5. The fourth-order valence-electron chi connectivity index (χ4n) is 1.51. The number of nitrogens with zero attached hydrogens (tertiary/aromatic N) is 3. The van der Waals surface area contributed by atoms with Crippen LogP contribution < -0.4 is 10.6 Å². The van der Waals surface area contributed by atoms with Crippen LogP contribution in [0.15, 0.2) is 23.0 Å². The summed E-state index contributed by atoms with van der Waals surface area (Å²) >= 11 is 0. The van der Waals surface area contributed by atoms with Gasteiger partial charge in [0.05, 0.1) is 0 Å². The molecule has 0 saturated carbocycles. The maximum absolute atomic E-state index is 12.0. The number of aryl methyl sites for hydroxylation is 1. The average Bonchev–Trinajstić information content (AvgIpc) is 2.84. The van der Waals surface area contributed by atoms with Crippen LogP contribution in [0.3, 0.4) is 0 Å². The molecule has 2 N–H and O–H groups in total. The molecule has 0 aliphatic rings. The Hall–Kier alpha value is -2.44. The summed E-state index contributed by atoms with van der Waals surface area (Å²) in [5.74, 6) is 1.49. The minimum absolute atomic E-state index is 0.104. The Morgan fingerprint density at radius 3 is 2.80 bits per heavy atom. The van der Waals surface area contributed by atoms with Crippen molar-refractivity contribution in [3.8, 4) is 0 Å². The molecule has 0 aromatic carbocycles. The van der Waals surface area contributed by atoms with Gasteiger partial charge in [-0.15, -0.1) is 0 Å². The summed E-state index contributed by atoms with van der Waals surface area (Å²) in [7, 11) is 0. The topological polar surface area (TPSA) is 92.9 Å². The van der Waals surface area contributed by atoms with Crippen molar-refractivity contribution in [2.45, 2.75) is 33.2 Å². The van der Waals surface area contributed by atoms with Gasteiger partial charge in [0, 0.05) is 18.2 Å². The number of anilines is 2. The SMILES string of the molecule is CCC(C)NC(=O)c1cc(Nc2cc(C)on2)ncn1. The van der Waals surface area contributed by atoms with Crippen LogP contribution in [-0.2, 0) is 0 Å². The number of hydrogen-bond donors (Lipinski definition) is 2. The number of rotatable bonds is 5. The van der Waals surface area contributed by atoms with Crippen molar-refractivity contribution in [1.29, 1.82) is 0 Å². The van der Waals surface area contributed by atoms with Gasteiger partial charge in [0.2, 0.25) is 0 Å². The molecular weight excluding hydrogens is 258 g/mol. The first-order valence-corrected chi connectivity index (χ1v) is 6.41. The molecule has 106 valence electrons. The van der Waals surface area contributed by atoms with Crippen molar-refractivity contribution < 1.29 is 9.32 Å². The van der Waals surface area contributed by atoms with E-state index in [1.165, 1.54) is 6.33 Å². The van der Waals surface area contributed by atoms with E-state index < -0.39 is 0 Å². The normalized spacial score (nSPS) is 11.9. The van der Waals surface area contributed by atoms with Crippen molar-refractivity contribution in [3.05, 3.63) is 29.9 Å². The van der Waals surface area contributed by atoms with Crippen LogP contribution in [0.25, 0.3) is 0 Å². The predicted molar refractivity (Wildman–Crippen MR) is 73.8 cm³/mol. The van der Waals surface area contributed by atoms with E-state index in [9.17, 15) is 4.79 Å². The van der Waals surface area contributed by atoms with Crippen molar-refractivity contribution in [1.82, 2.24) is 20.4 Å². The molecule has 1 unspecified atom stereocenters. The van der Waals surface area contributed by atoms with E-state index in [2.05, 4.69) is 25.8 Å². The zero-order valence-corrected chi connectivity index (χ0v) is 11.7. The minimum Gasteiger partial charge on any atom is -0.360 e. The van der Waals surface area contributed by atoms with Crippen LogP contribution >= 0.6 is 0 Å². The van der Waals surface area contributed by atoms with E-state index in [0.717, 1.165) is 6.42 Å². The molecule has 7 heteroatoms. The molecule has 1 amide bonds. The third kappa shape index (κ3) is 3.53. The molecule has 0 bridgehead atoms. The molecular formula is C13H17N5O2. The summed E-state index contributed by atoms with van der Waals surface area (Å²) in [6.45, 7) is 5.74. The zero-order chi connectivity index (χ0) is 14.5. The van der Waals surface area contributed by atoms with Gasteiger partial charge in [-0.05, 0) is 20.3 Å². The van der Waals surface area contributed by atoms with Crippen LogP contribution in [0.4, 0.5) is 11.6 Å². The molecule has 7 nitrogen and oxygen atoms in total. The summed E-state index contributed by atoms with van der Waals surface area (Å²) in [5.41, 5.74) is 0.308. The summed E-state index contributed by atoms with van der Waals surface area (Å²) < 4.78 is 4.95. The smallest absolute Gasteiger partial charge is 0.270 e. The maximum Gasteiger partial charge on any atom is 0.270 e. The molecule has 0 radical (unpaired) electrons. The highest BCUT2D eigenvalue weighted by Crippen LogP contribution is 2.14. The number of hydrogen-bond acceptors (Lipinski definition) is 6. The molecule has 0 aliphatic carbocycles. The Bertz CT molecular complexity index is 596. The lowest BCUT2D eigenvalue weighted by molar-refractivity contribution is 0.0934. The molecule has 20 heavy (non-hydrogen) atoms. The van der Waals surface area contributed by atoms with Crippen molar-refractivity contribution >= 4 is 17.5 Å². The second-order valence-corrected chi connectivity index (χ2v) is 4.52. The van der Waals surface area contributed by atoms with Gasteiger partial charge in [0.15, 0.2) is 5.82 Å². The van der Waals surface area contributed by atoms with Crippen LogP contribution in [0, 0.1) is 6.92 Å². The van der Waals surface area contributed by atoms with E-state index in [4.69, 9.17) is 4.52 Å². The molecule has 0 spiro atoms. The average molecular weight is 275 g/mol. The predicted octanol–water partition coefficient (Wildman–Crippen LogP) is 2.04. The summed E-state index contributed by atoms with van der Waals surface area (Å²) in [5, 5.41) is 9.60. The first-order valence-electron chi connectivity index (χ1n) is 6.41. The Morgan fingerprint density at radius 2 is 2.15 bits per heavy atom. The van der Waals surface area contributed by atoms with Gasteiger partial charge in [0.1, 0.15) is 23.6 Å². The fourth-order valence-corrected chi connectivity index (χ4v) is 1.51. The molecule has 2 heterocycles. The Labute approximate surface area is 116 Å². The molecule has 2 aromatic heterocycles. The Morgan fingerprint density at radius 1 is 1.35 bits per heavy atom. The van der Waals surface area contributed by atoms with Crippen LogP contribution in [0.5, 0.6) is 0 Å². The lowest BCUT2D eigenvalue weighted by Gasteiger charge is -2.11. The van der Waals surface area contributed by atoms with Crippen molar-refractivity contribution in [2.75, 3.05) is 5.32 Å². The first kappa shape index (κ1) is 14.0. The van der Waals surface area contributed by atoms with E-state index in [1.807, 2.05) is 13.8 Å². The van der Waals surface area contributed by atoms with Gasteiger partial charge in [0.25, 0.3) is 5.91 Å². The molecule has 0 fully saturated rings. The van der Waals surface area contributed by atoms with Crippen LogP contribution in [0.1, 0.15) is 36.5 Å². The highest BCUT2D eigenvalue weighted by Gasteiger charge is 2.11. The summed E-state index contributed by atoms with van der Waals surface area (Å²) in [6, 6.07) is 3.41. The number of carbonyl (C=O) groups excluding carboxylic acids is 1. The van der Waals surface area contributed by atoms with Crippen LogP contribution in [0.2, 0.25) is 0 Å².